The summed E-state index contributed by atoms with van der Waals surface area (Å²) in [5, 5.41) is 2.83. The first-order valence-corrected chi connectivity index (χ1v) is 5.59. The van der Waals surface area contributed by atoms with Gasteiger partial charge in [0, 0.05) is 0 Å². The molecule has 0 aromatic carbocycles. The van der Waals surface area contributed by atoms with Gasteiger partial charge in [-0.25, -0.2) is 4.98 Å². The Hall–Kier alpha value is -2.14. The molecule has 6 heteroatoms. The van der Waals surface area contributed by atoms with Gasteiger partial charge in [-0.2, -0.15) is 0 Å². The SMILES string of the molecule is O=C1Nc2ccc(Cl)nc2C1C(=O)c1ccco1. The lowest BCUT2D eigenvalue weighted by Gasteiger charge is -2.04. The lowest BCUT2D eigenvalue weighted by atomic mass is 9.99. The number of carbonyl (C=O) groups is 2. The van der Waals surface area contributed by atoms with Gasteiger partial charge in [-0.15, -0.1) is 0 Å². The van der Waals surface area contributed by atoms with Crippen LogP contribution >= 0.6 is 11.6 Å². The Morgan fingerprint density at radius 3 is 2.94 bits per heavy atom. The maximum atomic E-state index is 12.2. The molecule has 2 aromatic rings. The second-order valence-corrected chi connectivity index (χ2v) is 4.22. The fourth-order valence-electron chi connectivity index (χ4n) is 1.91. The minimum absolute atomic E-state index is 0.129. The highest BCUT2D eigenvalue weighted by Gasteiger charge is 2.39. The van der Waals surface area contributed by atoms with Crippen LogP contribution in [0.5, 0.6) is 0 Å². The minimum atomic E-state index is -0.996. The van der Waals surface area contributed by atoms with Gasteiger partial charge >= 0.3 is 0 Å². The summed E-state index contributed by atoms with van der Waals surface area (Å²) in [6.45, 7) is 0. The zero-order valence-corrected chi connectivity index (χ0v) is 9.77. The van der Waals surface area contributed by atoms with Crippen molar-refractivity contribution in [3.05, 3.63) is 47.1 Å². The summed E-state index contributed by atoms with van der Waals surface area (Å²) in [6, 6.07) is 6.28. The number of nitrogens with one attached hydrogen (secondary N) is 1. The molecule has 0 bridgehead atoms. The summed E-state index contributed by atoms with van der Waals surface area (Å²) in [7, 11) is 0. The average molecular weight is 263 g/mol. The largest absolute Gasteiger partial charge is 0.461 e. The van der Waals surface area contributed by atoms with Crippen molar-refractivity contribution in [1.82, 2.24) is 4.98 Å². The Morgan fingerprint density at radius 1 is 1.39 bits per heavy atom. The van der Waals surface area contributed by atoms with Gasteiger partial charge in [0.15, 0.2) is 5.76 Å². The number of carbonyl (C=O) groups excluding carboxylic acids is 2. The minimum Gasteiger partial charge on any atom is -0.461 e. The Kier molecular flexibility index (Phi) is 2.41. The summed E-state index contributed by atoms with van der Waals surface area (Å²) in [4.78, 5) is 28.0. The Labute approximate surface area is 107 Å². The fourth-order valence-corrected chi connectivity index (χ4v) is 2.06. The molecule has 0 radical (unpaired) electrons. The number of amides is 1. The summed E-state index contributed by atoms with van der Waals surface area (Å²) >= 11 is 5.78. The standard InChI is InChI=1S/C12H7ClN2O3/c13-8-4-3-6-10(15-8)9(12(17)14-6)11(16)7-2-1-5-18-7/h1-5,9H,(H,14,17). The van der Waals surface area contributed by atoms with E-state index in [4.69, 9.17) is 16.0 Å². The molecule has 3 heterocycles. The van der Waals surface area contributed by atoms with E-state index in [1.165, 1.54) is 12.3 Å². The molecular weight excluding hydrogens is 256 g/mol. The Morgan fingerprint density at radius 2 is 2.22 bits per heavy atom. The number of rotatable bonds is 2. The van der Waals surface area contributed by atoms with Crippen LogP contribution in [-0.2, 0) is 4.79 Å². The van der Waals surface area contributed by atoms with Crippen LogP contribution in [0, 0.1) is 0 Å². The molecule has 1 unspecified atom stereocenters. The molecule has 90 valence electrons. The van der Waals surface area contributed by atoms with Crippen LogP contribution in [0.3, 0.4) is 0 Å². The van der Waals surface area contributed by atoms with Crippen molar-refractivity contribution < 1.29 is 14.0 Å². The van der Waals surface area contributed by atoms with E-state index in [1.807, 2.05) is 0 Å². The van der Waals surface area contributed by atoms with E-state index >= 15 is 0 Å². The molecule has 0 spiro atoms. The molecule has 1 amide bonds. The van der Waals surface area contributed by atoms with Crippen molar-refractivity contribution >= 4 is 29.0 Å². The van der Waals surface area contributed by atoms with Crippen LogP contribution in [0.25, 0.3) is 0 Å². The van der Waals surface area contributed by atoms with Gasteiger partial charge in [0.2, 0.25) is 11.7 Å². The zero-order valence-electron chi connectivity index (χ0n) is 9.01. The molecule has 0 saturated heterocycles. The molecule has 5 nitrogen and oxygen atoms in total. The third-order valence-corrected chi connectivity index (χ3v) is 2.92. The summed E-state index contributed by atoms with van der Waals surface area (Å²) in [5.41, 5.74) is 0.850. The highest BCUT2D eigenvalue weighted by Crippen LogP contribution is 2.34. The van der Waals surface area contributed by atoms with E-state index in [-0.39, 0.29) is 10.9 Å². The van der Waals surface area contributed by atoms with Crippen molar-refractivity contribution in [3.63, 3.8) is 0 Å². The third kappa shape index (κ3) is 1.60. The second-order valence-electron chi connectivity index (χ2n) is 3.83. The zero-order chi connectivity index (χ0) is 12.7. The van der Waals surface area contributed by atoms with E-state index in [2.05, 4.69) is 10.3 Å². The third-order valence-electron chi connectivity index (χ3n) is 2.71. The summed E-state index contributed by atoms with van der Waals surface area (Å²) < 4.78 is 5.01. The number of halogens is 1. The molecule has 0 aliphatic carbocycles. The monoisotopic (exact) mass is 262 g/mol. The van der Waals surface area contributed by atoms with Gasteiger partial charge in [0.05, 0.1) is 17.6 Å². The van der Waals surface area contributed by atoms with E-state index in [1.54, 1.807) is 18.2 Å². The summed E-state index contributed by atoms with van der Waals surface area (Å²) in [6.07, 6.45) is 1.38. The van der Waals surface area contributed by atoms with Crippen molar-refractivity contribution in [2.24, 2.45) is 0 Å². The molecule has 2 aromatic heterocycles. The highest BCUT2D eigenvalue weighted by molar-refractivity contribution is 6.30. The molecule has 0 fully saturated rings. The number of fused-ring (bicyclic) bond motifs is 1. The first-order chi connectivity index (χ1) is 8.66. The number of hydrogen-bond acceptors (Lipinski definition) is 4. The van der Waals surface area contributed by atoms with Crippen LogP contribution in [0.1, 0.15) is 22.2 Å². The maximum Gasteiger partial charge on any atom is 0.241 e. The van der Waals surface area contributed by atoms with Crippen molar-refractivity contribution in [3.8, 4) is 0 Å². The van der Waals surface area contributed by atoms with E-state index < -0.39 is 17.6 Å². The fraction of sp³-hybridized carbons (Fsp3) is 0.0833. The summed E-state index contributed by atoms with van der Waals surface area (Å²) in [5.74, 6) is -1.71. The molecule has 1 atom stereocenters. The van der Waals surface area contributed by atoms with Crippen molar-refractivity contribution in [2.45, 2.75) is 5.92 Å². The number of pyridine rings is 1. The predicted octanol–water partition coefficient (Wildman–Crippen LogP) is 2.25. The smallest absolute Gasteiger partial charge is 0.241 e. The second kappa shape index (κ2) is 3.96. The molecular formula is C12H7ClN2O3. The first-order valence-electron chi connectivity index (χ1n) is 5.22. The number of hydrogen-bond donors (Lipinski definition) is 1. The van der Waals surface area contributed by atoms with E-state index in [0.29, 0.717) is 11.4 Å². The molecule has 1 aliphatic rings. The van der Waals surface area contributed by atoms with E-state index in [0.717, 1.165) is 0 Å². The molecule has 1 aliphatic heterocycles. The number of anilines is 1. The lowest BCUT2D eigenvalue weighted by Crippen LogP contribution is -2.21. The van der Waals surface area contributed by atoms with Crippen LogP contribution in [-0.4, -0.2) is 16.7 Å². The maximum absolute atomic E-state index is 12.2. The number of nitrogens with zero attached hydrogens (tertiary/aromatic N) is 1. The number of ketones is 1. The van der Waals surface area contributed by atoms with Crippen LogP contribution in [0.2, 0.25) is 5.15 Å². The molecule has 18 heavy (non-hydrogen) atoms. The van der Waals surface area contributed by atoms with Crippen LogP contribution in [0.4, 0.5) is 5.69 Å². The van der Waals surface area contributed by atoms with Crippen molar-refractivity contribution in [2.75, 3.05) is 5.32 Å². The number of furan rings is 1. The highest BCUT2D eigenvalue weighted by atomic mass is 35.5. The Balaban J connectivity index is 2.06. The predicted molar refractivity (Wildman–Crippen MR) is 63.7 cm³/mol. The quantitative estimate of drug-likeness (QED) is 0.512. The van der Waals surface area contributed by atoms with Gasteiger partial charge in [-0.05, 0) is 24.3 Å². The normalized spacial score (nSPS) is 17.4. The Bertz CT molecular complexity index is 637. The number of Topliss-reactive ketones (excluding diaryl/α,β-unsaturated/α-hetero) is 1. The van der Waals surface area contributed by atoms with Gasteiger partial charge < -0.3 is 9.73 Å². The van der Waals surface area contributed by atoms with E-state index in [9.17, 15) is 9.59 Å². The molecule has 3 rings (SSSR count). The van der Waals surface area contributed by atoms with Gasteiger partial charge in [0.1, 0.15) is 11.1 Å². The number of aromatic nitrogens is 1. The average Bonchev–Trinajstić information content (AvgIpc) is 2.94. The van der Waals surface area contributed by atoms with Crippen molar-refractivity contribution in [1.29, 1.82) is 0 Å². The first kappa shape index (κ1) is 11.0. The van der Waals surface area contributed by atoms with Gasteiger partial charge in [-0.3, -0.25) is 9.59 Å². The topological polar surface area (TPSA) is 72.2 Å². The van der Waals surface area contributed by atoms with Gasteiger partial charge in [-0.1, -0.05) is 11.6 Å². The lowest BCUT2D eigenvalue weighted by molar-refractivity contribution is -0.116. The molecule has 1 N–H and O–H groups in total. The molecule has 0 saturated carbocycles. The van der Waals surface area contributed by atoms with Crippen LogP contribution < -0.4 is 5.32 Å². The van der Waals surface area contributed by atoms with Gasteiger partial charge in [0.25, 0.3) is 0 Å². The van der Waals surface area contributed by atoms with Crippen LogP contribution in [0.15, 0.2) is 34.9 Å².